The summed E-state index contributed by atoms with van der Waals surface area (Å²) in [6, 6.07) is 7.90. The topological polar surface area (TPSA) is 51.8 Å². The fourth-order valence-corrected chi connectivity index (χ4v) is 2.26. The summed E-state index contributed by atoms with van der Waals surface area (Å²) in [5, 5.41) is 10.5. The van der Waals surface area contributed by atoms with Gasteiger partial charge < -0.3 is 5.73 Å². The number of benzene rings is 1. The first-order valence-electron chi connectivity index (χ1n) is 5.32. The molecule has 16 heavy (non-hydrogen) atoms. The maximum Gasteiger partial charge on any atom is 0.121 e. The van der Waals surface area contributed by atoms with Crippen LogP contribution >= 0.6 is 11.3 Å². The van der Waals surface area contributed by atoms with Crippen molar-refractivity contribution in [1.82, 2.24) is 10.2 Å². The van der Waals surface area contributed by atoms with Gasteiger partial charge in [0.25, 0.3) is 0 Å². The molecule has 1 heterocycles. The van der Waals surface area contributed by atoms with E-state index in [1.165, 1.54) is 5.56 Å². The van der Waals surface area contributed by atoms with Crippen LogP contribution in [0.2, 0.25) is 0 Å². The number of aromatic nitrogens is 2. The van der Waals surface area contributed by atoms with Crippen LogP contribution in [0.25, 0.3) is 0 Å². The van der Waals surface area contributed by atoms with Crippen molar-refractivity contribution in [3.05, 3.63) is 39.8 Å². The minimum Gasteiger partial charge on any atom is -0.399 e. The van der Waals surface area contributed by atoms with E-state index in [-0.39, 0.29) is 0 Å². The Morgan fingerprint density at radius 1 is 1.19 bits per heavy atom. The van der Waals surface area contributed by atoms with Gasteiger partial charge in [0.2, 0.25) is 0 Å². The Kier molecular flexibility index (Phi) is 3.19. The molecule has 0 fully saturated rings. The van der Waals surface area contributed by atoms with Crippen molar-refractivity contribution in [2.45, 2.75) is 26.2 Å². The van der Waals surface area contributed by atoms with Crippen LogP contribution in [-0.4, -0.2) is 10.2 Å². The molecule has 0 atom stereocenters. The molecule has 0 aliphatic rings. The van der Waals surface area contributed by atoms with Crippen LogP contribution in [0.15, 0.2) is 24.3 Å². The van der Waals surface area contributed by atoms with Crippen molar-refractivity contribution < 1.29 is 0 Å². The van der Waals surface area contributed by atoms with Crippen LogP contribution in [0.4, 0.5) is 5.69 Å². The van der Waals surface area contributed by atoms with E-state index < -0.39 is 0 Å². The molecule has 0 amide bonds. The Bertz CT molecular complexity index is 459. The molecular weight excluding hydrogens is 218 g/mol. The summed E-state index contributed by atoms with van der Waals surface area (Å²) in [6.45, 7) is 4.26. The maximum absolute atomic E-state index is 5.64. The lowest BCUT2D eigenvalue weighted by molar-refractivity contribution is 0.819. The van der Waals surface area contributed by atoms with Crippen LogP contribution in [0.5, 0.6) is 0 Å². The quantitative estimate of drug-likeness (QED) is 0.829. The zero-order chi connectivity index (χ0) is 11.5. The molecule has 84 valence electrons. The largest absolute Gasteiger partial charge is 0.399 e. The first-order valence-corrected chi connectivity index (χ1v) is 6.13. The second-order valence-corrected chi connectivity index (χ2v) is 5.20. The average Bonchev–Trinajstić information content (AvgIpc) is 2.70. The summed E-state index contributed by atoms with van der Waals surface area (Å²) in [4.78, 5) is 0. The van der Waals surface area contributed by atoms with Gasteiger partial charge in [0.05, 0.1) is 0 Å². The number of hydrogen-bond acceptors (Lipinski definition) is 4. The fraction of sp³-hybridized carbons (Fsp3) is 0.333. The predicted octanol–water partition coefficient (Wildman–Crippen LogP) is 2.83. The maximum atomic E-state index is 5.64. The molecule has 1 aromatic carbocycles. The first-order chi connectivity index (χ1) is 7.65. The van der Waals surface area contributed by atoms with Gasteiger partial charge in [0.1, 0.15) is 10.0 Å². The Labute approximate surface area is 99.3 Å². The third-order valence-electron chi connectivity index (χ3n) is 2.31. The predicted molar refractivity (Wildman–Crippen MR) is 67.7 cm³/mol. The highest BCUT2D eigenvalue weighted by Crippen LogP contribution is 2.21. The third-order valence-corrected chi connectivity index (χ3v) is 3.54. The fourth-order valence-electron chi connectivity index (χ4n) is 1.38. The minimum absolute atomic E-state index is 0.456. The van der Waals surface area contributed by atoms with Gasteiger partial charge in [-0.1, -0.05) is 26.0 Å². The molecule has 2 aromatic rings. The van der Waals surface area contributed by atoms with Gasteiger partial charge in [-0.05, 0) is 17.7 Å². The van der Waals surface area contributed by atoms with E-state index in [2.05, 4.69) is 24.0 Å². The molecule has 2 rings (SSSR count). The number of nitrogen functional groups attached to an aromatic ring is 1. The Balaban J connectivity index is 2.11. The standard InChI is InChI=1S/C12H15N3S/c1-8(2)12-15-14-11(16-12)7-9-3-5-10(13)6-4-9/h3-6,8H,7,13H2,1-2H3. The summed E-state index contributed by atoms with van der Waals surface area (Å²) in [5.74, 6) is 0.456. The molecule has 3 nitrogen and oxygen atoms in total. The molecule has 0 saturated heterocycles. The third kappa shape index (κ3) is 2.58. The van der Waals surface area contributed by atoms with Crippen molar-refractivity contribution in [2.75, 3.05) is 5.73 Å². The van der Waals surface area contributed by atoms with Gasteiger partial charge in [0, 0.05) is 18.0 Å². The van der Waals surface area contributed by atoms with Crippen LogP contribution in [0.1, 0.15) is 35.3 Å². The van der Waals surface area contributed by atoms with Crippen molar-refractivity contribution in [2.24, 2.45) is 0 Å². The highest BCUT2D eigenvalue weighted by molar-refractivity contribution is 7.11. The van der Waals surface area contributed by atoms with Crippen molar-refractivity contribution >= 4 is 17.0 Å². The molecule has 0 aliphatic heterocycles. The van der Waals surface area contributed by atoms with Crippen LogP contribution in [0.3, 0.4) is 0 Å². The molecule has 0 saturated carbocycles. The lowest BCUT2D eigenvalue weighted by atomic mass is 10.1. The number of hydrogen-bond donors (Lipinski definition) is 1. The second-order valence-electron chi connectivity index (χ2n) is 4.11. The van der Waals surface area contributed by atoms with Gasteiger partial charge in [-0.25, -0.2) is 0 Å². The van der Waals surface area contributed by atoms with E-state index in [0.29, 0.717) is 5.92 Å². The van der Waals surface area contributed by atoms with E-state index in [9.17, 15) is 0 Å². The van der Waals surface area contributed by atoms with E-state index in [0.717, 1.165) is 22.1 Å². The number of nitrogens with zero attached hydrogens (tertiary/aromatic N) is 2. The summed E-state index contributed by atoms with van der Waals surface area (Å²) in [6.07, 6.45) is 0.838. The molecule has 0 unspecified atom stereocenters. The first kappa shape index (κ1) is 11.1. The SMILES string of the molecule is CC(C)c1nnc(Cc2ccc(N)cc2)s1. The Morgan fingerprint density at radius 3 is 2.44 bits per heavy atom. The van der Waals surface area contributed by atoms with E-state index >= 15 is 0 Å². The zero-order valence-electron chi connectivity index (χ0n) is 9.47. The van der Waals surface area contributed by atoms with Crippen LogP contribution < -0.4 is 5.73 Å². The van der Waals surface area contributed by atoms with Crippen molar-refractivity contribution in [3.63, 3.8) is 0 Å². The molecule has 0 aliphatic carbocycles. The van der Waals surface area contributed by atoms with E-state index in [4.69, 9.17) is 5.73 Å². The molecule has 2 N–H and O–H groups in total. The number of anilines is 1. The Hall–Kier alpha value is -1.42. The highest BCUT2D eigenvalue weighted by atomic mass is 32.1. The summed E-state index contributed by atoms with van der Waals surface area (Å²) in [7, 11) is 0. The van der Waals surface area contributed by atoms with Crippen LogP contribution in [0, 0.1) is 0 Å². The molecule has 1 aromatic heterocycles. The van der Waals surface area contributed by atoms with Crippen LogP contribution in [-0.2, 0) is 6.42 Å². The smallest absolute Gasteiger partial charge is 0.121 e. The van der Waals surface area contributed by atoms with Gasteiger partial charge in [-0.3, -0.25) is 0 Å². The molecule has 0 spiro atoms. The highest BCUT2D eigenvalue weighted by Gasteiger charge is 2.07. The van der Waals surface area contributed by atoms with Crippen molar-refractivity contribution in [1.29, 1.82) is 0 Å². The molecule has 0 radical (unpaired) electrons. The van der Waals surface area contributed by atoms with E-state index in [1.54, 1.807) is 11.3 Å². The monoisotopic (exact) mass is 233 g/mol. The van der Waals surface area contributed by atoms with E-state index in [1.807, 2.05) is 24.3 Å². The lowest BCUT2D eigenvalue weighted by Crippen LogP contribution is -1.89. The summed E-state index contributed by atoms with van der Waals surface area (Å²) >= 11 is 1.69. The summed E-state index contributed by atoms with van der Waals surface area (Å²) < 4.78 is 0. The van der Waals surface area contributed by atoms with Gasteiger partial charge in [0.15, 0.2) is 0 Å². The molecule has 0 bridgehead atoms. The van der Waals surface area contributed by atoms with Gasteiger partial charge in [-0.2, -0.15) is 0 Å². The van der Waals surface area contributed by atoms with Gasteiger partial charge >= 0.3 is 0 Å². The molecule has 4 heteroatoms. The summed E-state index contributed by atoms with van der Waals surface area (Å²) in [5.41, 5.74) is 7.66. The van der Waals surface area contributed by atoms with Crippen molar-refractivity contribution in [3.8, 4) is 0 Å². The average molecular weight is 233 g/mol. The zero-order valence-corrected chi connectivity index (χ0v) is 10.3. The number of nitrogens with two attached hydrogens (primary N) is 1. The van der Waals surface area contributed by atoms with Gasteiger partial charge in [-0.15, -0.1) is 21.5 Å². The second kappa shape index (κ2) is 4.61. The minimum atomic E-state index is 0.456. The molecular formula is C12H15N3S. The lowest BCUT2D eigenvalue weighted by Gasteiger charge is -1.98. The number of rotatable bonds is 3. The Morgan fingerprint density at radius 2 is 1.88 bits per heavy atom. The normalized spacial score (nSPS) is 10.9.